The van der Waals surface area contributed by atoms with E-state index in [1.807, 2.05) is 0 Å². The lowest BCUT2D eigenvalue weighted by Gasteiger charge is -2.28. The fourth-order valence-corrected chi connectivity index (χ4v) is 2.31. The first-order valence-electron chi connectivity index (χ1n) is 6.15. The maximum absolute atomic E-state index is 11.9. The number of nitrogens with one attached hydrogen (secondary N) is 2. The second-order valence-electron chi connectivity index (χ2n) is 4.68. The zero-order valence-electron chi connectivity index (χ0n) is 10.1. The van der Waals surface area contributed by atoms with Crippen LogP contribution in [-0.4, -0.2) is 33.6 Å². The molecule has 1 saturated carbocycles. The Balaban J connectivity index is 1.94. The smallest absolute Gasteiger partial charge is 0.271 e. The van der Waals surface area contributed by atoms with Gasteiger partial charge in [-0.25, -0.2) is 4.98 Å². The van der Waals surface area contributed by atoms with E-state index in [9.17, 15) is 9.59 Å². The molecule has 0 bridgehead atoms. The van der Waals surface area contributed by atoms with Crippen molar-refractivity contribution in [2.24, 2.45) is 5.92 Å². The summed E-state index contributed by atoms with van der Waals surface area (Å²) in [4.78, 5) is 28.9. The lowest BCUT2D eigenvalue weighted by atomic mass is 9.86. The van der Waals surface area contributed by atoms with Crippen molar-refractivity contribution in [3.05, 3.63) is 28.4 Å². The minimum Gasteiger partial charge on any atom is -0.396 e. The van der Waals surface area contributed by atoms with Crippen LogP contribution in [-0.2, 0) is 0 Å². The van der Waals surface area contributed by atoms with E-state index in [2.05, 4.69) is 15.3 Å². The zero-order chi connectivity index (χ0) is 13.0. The maximum atomic E-state index is 11.9. The van der Waals surface area contributed by atoms with Gasteiger partial charge in [0.25, 0.3) is 11.5 Å². The molecule has 0 saturated heterocycles. The number of hydrogen-bond donors (Lipinski definition) is 3. The number of nitrogens with zero attached hydrogens (tertiary/aromatic N) is 1. The second kappa shape index (κ2) is 5.77. The molecule has 2 unspecified atom stereocenters. The molecule has 6 nitrogen and oxygen atoms in total. The quantitative estimate of drug-likeness (QED) is 0.707. The van der Waals surface area contributed by atoms with Gasteiger partial charge in [0.05, 0.1) is 6.20 Å². The van der Waals surface area contributed by atoms with Crippen molar-refractivity contribution in [1.82, 2.24) is 15.3 Å². The predicted octanol–water partition coefficient (Wildman–Crippen LogP) is 0.0508. The van der Waals surface area contributed by atoms with Crippen LogP contribution in [0.1, 0.15) is 36.2 Å². The summed E-state index contributed by atoms with van der Waals surface area (Å²) in [5, 5.41) is 12.0. The van der Waals surface area contributed by atoms with Gasteiger partial charge in [-0.1, -0.05) is 6.42 Å². The Morgan fingerprint density at radius 2 is 2.39 bits per heavy atom. The highest BCUT2D eigenvalue weighted by Crippen LogP contribution is 2.23. The minimum atomic E-state index is -0.329. The molecule has 0 aromatic carbocycles. The fraction of sp³-hybridized carbons (Fsp3) is 0.583. The monoisotopic (exact) mass is 251 g/mol. The summed E-state index contributed by atoms with van der Waals surface area (Å²) in [7, 11) is 0. The van der Waals surface area contributed by atoms with Crippen LogP contribution in [0.25, 0.3) is 0 Å². The van der Waals surface area contributed by atoms with Crippen molar-refractivity contribution in [3.8, 4) is 0 Å². The number of aromatic nitrogens is 2. The molecule has 0 aliphatic heterocycles. The van der Waals surface area contributed by atoms with Crippen LogP contribution in [0.3, 0.4) is 0 Å². The van der Waals surface area contributed by atoms with Gasteiger partial charge >= 0.3 is 0 Å². The van der Waals surface area contributed by atoms with E-state index in [4.69, 9.17) is 5.11 Å². The number of carbonyl (C=O) groups is 1. The van der Waals surface area contributed by atoms with Gasteiger partial charge in [0.1, 0.15) is 5.69 Å². The Labute approximate surface area is 104 Å². The number of aliphatic hydroxyl groups excluding tert-OH is 1. The second-order valence-corrected chi connectivity index (χ2v) is 4.68. The molecule has 2 rings (SSSR count). The SMILES string of the molecule is O=C(NC1CCCC(CO)C1)c1c[nH]c(=O)cn1. The normalized spacial score (nSPS) is 23.6. The van der Waals surface area contributed by atoms with Gasteiger partial charge in [-0.2, -0.15) is 0 Å². The third-order valence-electron chi connectivity index (χ3n) is 3.28. The van der Waals surface area contributed by atoms with Crippen LogP contribution in [0.15, 0.2) is 17.2 Å². The van der Waals surface area contributed by atoms with Gasteiger partial charge in [0, 0.05) is 18.8 Å². The molecule has 1 aliphatic rings. The molecule has 0 spiro atoms. The highest BCUT2D eigenvalue weighted by molar-refractivity contribution is 5.92. The van der Waals surface area contributed by atoms with E-state index >= 15 is 0 Å². The van der Waals surface area contributed by atoms with Crippen LogP contribution in [0.2, 0.25) is 0 Å². The van der Waals surface area contributed by atoms with Gasteiger partial charge in [-0.05, 0) is 25.2 Å². The molecule has 1 aromatic rings. The maximum Gasteiger partial charge on any atom is 0.271 e. The molecule has 0 radical (unpaired) electrons. The minimum absolute atomic E-state index is 0.0807. The number of rotatable bonds is 3. The Morgan fingerprint density at radius 1 is 1.56 bits per heavy atom. The standard InChI is InChI=1S/C12H17N3O3/c16-7-8-2-1-3-9(4-8)15-12(18)10-5-14-11(17)6-13-10/h5-6,8-9,16H,1-4,7H2,(H,14,17)(H,15,18). The van der Waals surface area contributed by atoms with Crippen LogP contribution in [0.5, 0.6) is 0 Å². The average Bonchev–Trinajstić information content (AvgIpc) is 2.39. The third kappa shape index (κ3) is 3.16. The molecular weight excluding hydrogens is 234 g/mol. The Hall–Kier alpha value is -1.69. The number of hydrogen-bond acceptors (Lipinski definition) is 4. The molecule has 1 heterocycles. The van der Waals surface area contributed by atoms with Crippen molar-refractivity contribution in [2.45, 2.75) is 31.7 Å². The van der Waals surface area contributed by atoms with Crippen LogP contribution in [0.4, 0.5) is 0 Å². The molecule has 3 N–H and O–H groups in total. The van der Waals surface area contributed by atoms with Crippen LogP contribution < -0.4 is 10.9 Å². The lowest BCUT2D eigenvalue weighted by molar-refractivity contribution is 0.0900. The number of aromatic amines is 1. The van der Waals surface area contributed by atoms with Crippen molar-refractivity contribution in [2.75, 3.05) is 6.61 Å². The molecule has 1 amide bonds. The summed E-state index contributed by atoms with van der Waals surface area (Å²) >= 11 is 0. The molecular formula is C12H17N3O3. The fourth-order valence-electron chi connectivity index (χ4n) is 2.31. The Kier molecular flexibility index (Phi) is 4.09. The Morgan fingerprint density at radius 3 is 3.06 bits per heavy atom. The molecule has 6 heteroatoms. The van der Waals surface area contributed by atoms with Gasteiger partial charge < -0.3 is 15.4 Å². The van der Waals surface area contributed by atoms with E-state index in [1.165, 1.54) is 6.20 Å². The van der Waals surface area contributed by atoms with Gasteiger partial charge in [0.2, 0.25) is 0 Å². The van der Waals surface area contributed by atoms with Crippen molar-refractivity contribution in [3.63, 3.8) is 0 Å². The molecule has 1 aliphatic carbocycles. The molecule has 18 heavy (non-hydrogen) atoms. The van der Waals surface area contributed by atoms with E-state index in [1.54, 1.807) is 0 Å². The summed E-state index contributed by atoms with van der Waals surface area (Å²) in [6.45, 7) is 0.170. The first-order chi connectivity index (χ1) is 8.69. The number of carbonyl (C=O) groups excluding carboxylic acids is 1. The van der Waals surface area contributed by atoms with E-state index in [0.29, 0.717) is 0 Å². The predicted molar refractivity (Wildman–Crippen MR) is 65.2 cm³/mol. The molecule has 2 atom stereocenters. The lowest BCUT2D eigenvalue weighted by Crippen LogP contribution is -2.39. The summed E-state index contributed by atoms with van der Waals surface area (Å²) in [6.07, 6.45) is 6.14. The first-order valence-corrected chi connectivity index (χ1v) is 6.15. The molecule has 1 aromatic heterocycles. The summed E-state index contributed by atoms with van der Waals surface area (Å²) < 4.78 is 0. The Bertz CT molecular complexity index is 451. The van der Waals surface area contributed by atoms with E-state index in [0.717, 1.165) is 31.9 Å². The largest absolute Gasteiger partial charge is 0.396 e. The van der Waals surface area contributed by atoms with Gasteiger partial charge in [0.15, 0.2) is 0 Å². The van der Waals surface area contributed by atoms with E-state index in [-0.39, 0.29) is 35.7 Å². The molecule has 98 valence electrons. The first kappa shape index (κ1) is 12.8. The van der Waals surface area contributed by atoms with Gasteiger partial charge in [-0.15, -0.1) is 0 Å². The van der Waals surface area contributed by atoms with Crippen LogP contribution in [0, 0.1) is 5.92 Å². The summed E-state index contributed by atoms with van der Waals surface area (Å²) in [5.41, 5.74) is -0.120. The van der Waals surface area contributed by atoms with Crippen molar-refractivity contribution in [1.29, 1.82) is 0 Å². The number of aliphatic hydroxyl groups is 1. The summed E-state index contributed by atoms with van der Waals surface area (Å²) in [5.74, 6) is -0.0116. The summed E-state index contributed by atoms with van der Waals surface area (Å²) in [6, 6.07) is 0.0807. The topological polar surface area (TPSA) is 95.1 Å². The third-order valence-corrected chi connectivity index (χ3v) is 3.28. The molecule has 1 fully saturated rings. The van der Waals surface area contributed by atoms with Crippen molar-refractivity contribution < 1.29 is 9.90 Å². The number of amides is 1. The zero-order valence-corrected chi connectivity index (χ0v) is 10.1. The highest BCUT2D eigenvalue weighted by atomic mass is 16.3. The van der Waals surface area contributed by atoms with Crippen LogP contribution >= 0.6 is 0 Å². The number of H-pyrrole nitrogens is 1. The van der Waals surface area contributed by atoms with Crippen molar-refractivity contribution >= 4 is 5.91 Å². The van der Waals surface area contributed by atoms with E-state index < -0.39 is 0 Å². The highest BCUT2D eigenvalue weighted by Gasteiger charge is 2.23. The average molecular weight is 251 g/mol. The van der Waals surface area contributed by atoms with Gasteiger partial charge in [-0.3, -0.25) is 9.59 Å².